The van der Waals surface area contributed by atoms with Gasteiger partial charge in [-0.2, -0.15) is 4.31 Å². The SMILES string of the molecule is O=C(Nc1ccc2c(c1)OCO2)c1nnc([C@H]2CCCN2S(=O)(=O)c2ccc3c(c2)CCCC3)s1. The van der Waals surface area contributed by atoms with Crippen molar-refractivity contribution < 1.29 is 22.7 Å². The monoisotopic (exact) mass is 512 g/mol. The Labute approximate surface area is 207 Å². The maximum atomic E-state index is 13.6. The molecule has 182 valence electrons. The van der Waals surface area contributed by atoms with E-state index in [9.17, 15) is 13.2 Å². The molecule has 3 aromatic rings. The Morgan fingerprint density at radius 3 is 2.71 bits per heavy atom. The highest BCUT2D eigenvalue weighted by Crippen LogP contribution is 2.39. The van der Waals surface area contributed by atoms with Crippen LogP contribution < -0.4 is 14.8 Å². The molecular formula is C24H24N4O5S2. The van der Waals surface area contributed by atoms with Crippen LogP contribution in [-0.4, -0.2) is 42.2 Å². The predicted octanol–water partition coefficient (Wildman–Crippen LogP) is 3.92. The zero-order valence-electron chi connectivity index (χ0n) is 18.9. The van der Waals surface area contributed by atoms with Crippen LogP contribution in [0.4, 0.5) is 5.69 Å². The van der Waals surface area contributed by atoms with E-state index in [-0.39, 0.29) is 11.8 Å². The minimum absolute atomic E-state index is 0.152. The molecule has 6 rings (SSSR count). The summed E-state index contributed by atoms with van der Waals surface area (Å²) < 4.78 is 39.3. The minimum Gasteiger partial charge on any atom is -0.454 e. The Kier molecular flexibility index (Phi) is 5.70. The number of aryl methyl sites for hydroxylation is 2. The zero-order chi connectivity index (χ0) is 24.0. The van der Waals surface area contributed by atoms with E-state index >= 15 is 0 Å². The fraction of sp³-hybridized carbons (Fsp3) is 0.375. The number of amides is 1. The van der Waals surface area contributed by atoms with Crippen molar-refractivity contribution in [1.29, 1.82) is 0 Å². The molecule has 11 heteroatoms. The highest BCUT2D eigenvalue weighted by Gasteiger charge is 2.38. The quantitative estimate of drug-likeness (QED) is 0.552. The topological polar surface area (TPSA) is 111 Å². The molecule has 35 heavy (non-hydrogen) atoms. The van der Waals surface area contributed by atoms with Gasteiger partial charge in [0.1, 0.15) is 5.01 Å². The summed E-state index contributed by atoms with van der Waals surface area (Å²) in [5.74, 6) is 0.784. The molecule has 9 nitrogen and oxygen atoms in total. The summed E-state index contributed by atoms with van der Waals surface area (Å²) >= 11 is 1.12. The van der Waals surface area contributed by atoms with Gasteiger partial charge in [0.25, 0.3) is 5.91 Å². The van der Waals surface area contributed by atoms with Crippen LogP contribution >= 0.6 is 11.3 Å². The number of nitrogens with zero attached hydrogens (tertiary/aromatic N) is 3. The number of rotatable bonds is 5. The number of benzene rings is 2. The number of ether oxygens (including phenoxy) is 2. The first-order valence-electron chi connectivity index (χ1n) is 11.7. The van der Waals surface area contributed by atoms with Gasteiger partial charge in [-0.3, -0.25) is 4.79 Å². The summed E-state index contributed by atoms with van der Waals surface area (Å²) in [4.78, 5) is 13.1. The second-order valence-corrected chi connectivity index (χ2v) is 11.8. The number of sulfonamides is 1. The molecule has 1 N–H and O–H groups in total. The van der Waals surface area contributed by atoms with E-state index in [1.807, 2.05) is 12.1 Å². The Balaban J connectivity index is 1.21. The van der Waals surface area contributed by atoms with E-state index in [0.717, 1.165) is 49.0 Å². The average Bonchev–Trinajstić information content (AvgIpc) is 3.63. The lowest BCUT2D eigenvalue weighted by molar-refractivity contribution is 0.102. The van der Waals surface area contributed by atoms with Crippen molar-refractivity contribution >= 4 is 33.0 Å². The summed E-state index contributed by atoms with van der Waals surface area (Å²) in [7, 11) is -3.69. The van der Waals surface area contributed by atoms with E-state index < -0.39 is 22.0 Å². The van der Waals surface area contributed by atoms with Crippen molar-refractivity contribution in [3.63, 3.8) is 0 Å². The van der Waals surface area contributed by atoms with Crippen molar-refractivity contribution in [1.82, 2.24) is 14.5 Å². The minimum atomic E-state index is -3.69. The first-order chi connectivity index (χ1) is 17.0. The lowest BCUT2D eigenvalue weighted by Crippen LogP contribution is -2.30. The number of nitrogens with one attached hydrogen (secondary N) is 1. The molecule has 0 bridgehead atoms. The molecule has 0 spiro atoms. The maximum Gasteiger partial charge on any atom is 0.286 e. The summed E-state index contributed by atoms with van der Waals surface area (Å²) in [6.07, 6.45) is 5.53. The Hall–Kier alpha value is -3.02. The van der Waals surface area contributed by atoms with Gasteiger partial charge in [-0.15, -0.1) is 10.2 Å². The van der Waals surface area contributed by atoms with Gasteiger partial charge in [-0.05, 0) is 73.9 Å². The lowest BCUT2D eigenvalue weighted by Gasteiger charge is -2.23. The highest BCUT2D eigenvalue weighted by atomic mass is 32.2. The maximum absolute atomic E-state index is 13.6. The van der Waals surface area contributed by atoms with E-state index in [4.69, 9.17) is 9.47 Å². The fourth-order valence-corrected chi connectivity index (χ4v) is 7.56. The first-order valence-corrected chi connectivity index (χ1v) is 13.9. The normalized spacial score (nSPS) is 19.5. The third kappa shape index (κ3) is 4.17. The standard InChI is InChI=1S/C24H24N4O5S2/c29-22(25-17-8-10-20-21(13-17)33-14-32-20)24-27-26-23(34-24)19-6-3-11-28(19)35(30,31)18-9-7-15-4-1-2-5-16(15)12-18/h7-10,12-13,19H,1-6,11,14H2,(H,25,29)/t19-/m1/s1. The molecule has 0 saturated carbocycles. The zero-order valence-corrected chi connectivity index (χ0v) is 20.5. The van der Waals surface area contributed by atoms with Crippen LogP contribution in [0.3, 0.4) is 0 Å². The van der Waals surface area contributed by atoms with Crippen LogP contribution in [0, 0.1) is 0 Å². The number of fused-ring (bicyclic) bond motifs is 2. The molecule has 1 saturated heterocycles. The summed E-state index contributed by atoms with van der Waals surface area (Å²) in [5, 5.41) is 11.8. The third-order valence-corrected chi connectivity index (χ3v) is 9.61. The number of carbonyl (C=O) groups is 1. The van der Waals surface area contributed by atoms with Crippen LogP contribution in [0.5, 0.6) is 11.5 Å². The van der Waals surface area contributed by atoms with Crippen LogP contribution in [0.15, 0.2) is 41.3 Å². The second kappa shape index (κ2) is 8.89. The fourth-order valence-electron chi connectivity index (χ4n) is 4.90. The third-order valence-electron chi connectivity index (χ3n) is 6.68. The molecule has 0 radical (unpaired) electrons. The number of hydrogen-bond donors (Lipinski definition) is 1. The molecule has 0 unspecified atom stereocenters. The van der Waals surface area contributed by atoms with Gasteiger partial charge in [-0.1, -0.05) is 17.4 Å². The van der Waals surface area contributed by atoms with E-state index in [2.05, 4.69) is 15.5 Å². The molecule has 1 fully saturated rings. The Bertz CT molecular complexity index is 1400. The molecule has 2 aromatic carbocycles. The van der Waals surface area contributed by atoms with Crippen molar-refractivity contribution in [2.24, 2.45) is 0 Å². The number of carbonyl (C=O) groups excluding carboxylic acids is 1. The molecule has 3 heterocycles. The van der Waals surface area contributed by atoms with Crippen LogP contribution in [0.25, 0.3) is 0 Å². The van der Waals surface area contributed by atoms with E-state index in [1.165, 1.54) is 9.87 Å². The molecule has 1 atom stereocenters. The average molecular weight is 513 g/mol. The molecule has 3 aliphatic rings. The lowest BCUT2D eigenvalue weighted by atomic mass is 9.92. The largest absolute Gasteiger partial charge is 0.454 e. The van der Waals surface area contributed by atoms with Gasteiger partial charge in [0.05, 0.1) is 10.9 Å². The Morgan fingerprint density at radius 2 is 1.83 bits per heavy atom. The van der Waals surface area contributed by atoms with Crippen molar-refractivity contribution in [3.05, 3.63) is 57.5 Å². The number of anilines is 1. The van der Waals surface area contributed by atoms with Gasteiger partial charge in [0.2, 0.25) is 21.8 Å². The Morgan fingerprint density at radius 1 is 1.00 bits per heavy atom. The van der Waals surface area contributed by atoms with Gasteiger partial charge in [0.15, 0.2) is 11.5 Å². The van der Waals surface area contributed by atoms with Crippen LogP contribution in [0.1, 0.15) is 57.7 Å². The van der Waals surface area contributed by atoms with Crippen LogP contribution in [-0.2, 0) is 22.9 Å². The summed E-state index contributed by atoms with van der Waals surface area (Å²) in [6, 6.07) is 10.2. The smallest absolute Gasteiger partial charge is 0.286 e. The van der Waals surface area contributed by atoms with Crippen molar-refractivity contribution in [2.45, 2.75) is 49.5 Å². The van der Waals surface area contributed by atoms with Crippen molar-refractivity contribution in [3.8, 4) is 11.5 Å². The van der Waals surface area contributed by atoms with Gasteiger partial charge >= 0.3 is 0 Å². The van der Waals surface area contributed by atoms with Gasteiger partial charge in [-0.25, -0.2) is 8.42 Å². The number of aromatic nitrogens is 2. The molecule has 2 aliphatic heterocycles. The highest BCUT2D eigenvalue weighted by molar-refractivity contribution is 7.89. The summed E-state index contributed by atoms with van der Waals surface area (Å²) in [6.45, 7) is 0.571. The van der Waals surface area contributed by atoms with E-state index in [1.54, 1.807) is 24.3 Å². The second-order valence-electron chi connectivity index (χ2n) is 8.88. The van der Waals surface area contributed by atoms with E-state index in [0.29, 0.717) is 40.1 Å². The van der Waals surface area contributed by atoms with Crippen molar-refractivity contribution in [2.75, 3.05) is 18.7 Å². The van der Waals surface area contributed by atoms with Gasteiger partial charge in [0, 0.05) is 18.3 Å². The molecule has 1 amide bonds. The number of hydrogen-bond acceptors (Lipinski definition) is 8. The molecule has 1 aliphatic carbocycles. The van der Waals surface area contributed by atoms with Gasteiger partial charge < -0.3 is 14.8 Å². The molecule has 1 aromatic heterocycles. The van der Waals surface area contributed by atoms with Crippen LogP contribution in [0.2, 0.25) is 0 Å². The predicted molar refractivity (Wildman–Crippen MR) is 129 cm³/mol. The first kappa shape index (κ1) is 22.4. The summed E-state index contributed by atoms with van der Waals surface area (Å²) in [5.41, 5.74) is 2.93. The molecular weight excluding hydrogens is 488 g/mol.